The van der Waals surface area contributed by atoms with Crippen LogP contribution < -0.4 is 0 Å². The zero-order chi connectivity index (χ0) is 17.1. The van der Waals surface area contributed by atoms with Crippen molar-refractivity contribution in [1.29, 1.82) is 0 Å². The fourth-order valence-corrected chi connectivity index (χ4v) is 2.56. The highest BCUT2D eigenvalue weighted by Crippen LogP contribution is 2.26. The van der Waals surface area contributed by atoms with Crippen LogP contribution in [0.15, 0.2) is 58.6 Å². The van der Waals surface area contributed by atoms with E-state index in [9.17, 15) is 8.78 Å². The van der Waals surface area contributed by atoms with Gasteiger partial charge in [-0.1, -0.05) is 23.7 Å². The summed E-state index contributed by atoms with van der Waals surface area (Å²) in [6.07, 6.45) is 3.36. The molecule has 0 saturated heterocycles. The molecule has 0 atom stereocenters. The highest BCUT2D eigenvalue weighted by molar-refractivity contribution is 6.30. The van der Waals surface area contributed by atoms with Gasteiger partial charge in [0.1, 0.15) is 18.3 Å². The van der Waals surface area contributed by atoms with E-state index in [1.54, 1.807) is 36.4 Å². The average molecular weight is 346 g/mol. The third-order valence-electron chi connectivity index (χ3n) is 3.48. The van der Waals surface area contributed by atoms with Crippen molar-refractivity contribution in [2.45, 2.75) is 6.92 Å². The van der Waals surface area contributed by atoms with Crippen LogP contribution in [-0.2, 0) is 0 Å². The number of allylic oxidation sites excluding steroid dienone is 1. The third-order valence-corrected chi connectivity index (χ3v) is 3.73. The van der Waals surface area contributed by atoms with Gasteiger partial charge >= 0.3 is 0 Å². The van der Waals surface area contributed by atoms with Crippen molar-refractivity contribution in [1.82, 2.24) is 5.01 Å². The van der Waals surface area contributed by atoms with Gasteiger partial charge in [-0.2, -0.15) is 5.10 Å². The monoisotopic (exact) mass is 345 g/mol. The molecule has 0 amide bonds. The second kappa shape index (κ2) is 6.93. The molecular weight excluding hydrogens is 332 g/mol. The molecule has 0 bridgehead atoms. The highest BCUT2D eigenvalue weighted by atomic mass is 35.5. The van der Waals surface area contributed by atoms with Gasteiger partial charge in [-0.15, -0.1) is 0 Å². The van der Waals surface area contributed by atoms with Gasteiger partial charge in [0, 0.05) is 22.9 Å². The lowest BCUT2D eigenvalue weighted by Crippen LogP contribution is -2.22. The van der Waals surface area contributed by atoms with Crippen LogP contribution in [0, 0.1) is 11.6 Å². The zero-order valence-electron chi connectivity index (χ0n) is 12.9. The first-order valence-electron chi connectivity index (χ1n) is 7.31. The molecule has 122 valence electrons. The number of aliphatic imine (C=N–C) groups is 1. The number of nitrogens with zero attached hydrogens (tertiary/aromatic N) is 3. The molecule has 0 radical (unpaired) electrons. The van der Waals surface area contributed by atoms with Crippen molar-refractivity contribution < 1.29 is 8.78 Å². The minimum absolute atomic E-state index is 0.256. The number of benzene rings is 2. The Morgan fingerprint density at radius 1 is 1.08 bits per heavy atom. The third kappa shape index (κ3) is 3.51. The minimum atomic E-state index is -0.637. The molecule has 1 heterocycles. The number of hydrogen-bond acceptors (Lipinski definition) is 3. The van der Waals surface area contributed by atoms with E-state index in [1.165, 1.54) is 12.1 Å². The summed E-state index contributed by atoms with van der Waals surface area (Å²) in [6.45, 7) is 2.02. The Hall–Kier alpha value is -2.53. The van der Waals surface area contributed by atoms with Gasteiger partial charge in [0.2, 0.25) is 0 Å². The second-order valence-corrected chi connectivity index (χ2v) is 5.59. The first-order valence-corrected chi connectivity index (χ1v) is 7.69. The summed E-state index contributed by atoms with van der Waals surface area (Å²) in [5.74, 6) is -1.27. The summed E-state index contributed by atoms with van der Waals surface area (Å²) in [4.78, 5) is 4.47. The lowest BCUT2D eigenvalue weighted by atomic mass is 10.0. The summed E-state index contributed by atoms with van der Waals surface area (Å²) >= 11 is 5.91. The van der Waals surface area contributed by atoms with Crippen LogP contribution in [0.25, 0.3) is 5.70 Å². The highest BCUT2D eigenvalue weighted by Gasteiger charge is 2.18. The molecule has 1 aliphatic heterocycles. The first-order chi connectivity index (χ1) is 11.6. The van der Waals surface area contributed by atoms with E-state index >= 15 is 0 Å². The lowest BCUT2D eigenvalue weighted by Gasteiger charge is -2.25. The van der Waals surface area contributed by atoms with Gasteiger partial charge < -0.3 is 0 Å². The number of halogens is 3. The Balaban J connectivity index is 2.06. The summed E-state index contributed by atoms with van der Waals surface area (Å²) in [7, 11) is 0. The van der Waals surface area contributed by atoms with E-state index in [-0.39, 0.29) is 6.67 Å². The molecule has 0 spiro atoms. The van der Waals surface area contributed by atoms with E-state index in [0.29, 0.717) is 22.0 Å². The second-order valence-electron chi connectivity index (χ2n) is 5.15. The van der Waals surface area contributed by atoms with E-state index in [1.807, 2.05) is 12.1 Å². The minimum Gasteiger partial charge on any atom is -0.261 e. The smallest absolute Gasteiger partial charge is 0.132 e. The van der Waals surface area contributed by atoms with Crippen molar-refractivity contribution >= 4 is 29.2 Å². The van der Waals surface area contributed by atoms with Gasteiger partial charge in [-0.05, 0) is 42.8 Å². The molecule has 0 aliphatic carbocycles. The van der Waals surface area contributed by atoms with Crippen LogP contribution in [0.4, 0.5) is 8.78 Å². The molecule has 3 rings (SSSR count). The summed E-state index contributed by atoms with van der Waals surface area (Å²) in [5.41, 5.74) is 2.55. The van der Waals surface area contributed by atoms with Crippen LogP contribution in [0.2, 0.25) is 5.02 Å². The fourth-order valence-electron chi connectivity index (χ4n) is 2.44. The standard InChI is InChI=1S/C18H14ClF2N3/c1-2-23-24-11-22-17(12-3-5-14(19)6-4-12)10-18(24)13-7-15(20)9-16(21)8-13/h2-10H,11H2,1H3/b23-2-. The van der Waals surface area contributed by atoms with Crippen molar-refractivity contribution in [3.8, 4) is 0 Å². The Morgan fingerprint density at radius 3 is 2.38 bits per heavy atom. The van der Waals surface area contributed by atoms with Gasteiger partial charge in [0.15, 0.2) is 0 Å². The molecule has 0 saturated carbocycles. The van der Waals surface area contributed by atoms with Crippen molar-refractivity contribution in [2.24, 2.45) is 10.1 Å². The molecule has 3 nitrogen and oxygen atoms in total. The van der Waals surface area contributed by atoms with Crippen LogP contribution >= 0.6 is 11.6 Å². The van der Waals surface area contributed by atoms with Crippen LogP contribution in [0.5, 0.6) is 0 Å². The SMILES string of the molecule is C/C=N\N1CN=C(c2ccc(Cl)cc2)C=C1c1cc(F)cc(F)c1. The summed E-state index contributed by atoms with van der Waals surface area (Å²) in [6, 6.07) is 10.6. The predicted molar refractivity (Wildman–Crippen MR) is 93.2 cm³/mol. The maximum Gasteiger partial charge on any atom is 0.132 e. The fraction of sp³-hybridized carbons (Fsp3) is 0.111. The molecule has 0 aromatic heterocycles. The lowest BCUT2D eigenvalue weighted by molar-refractivity contribution is 0.434. The van der Waals surface area contributed by atoms with E-state index in [2.05, 4.69) is 10.1 Å². The topological polar surface area (TPSA) is 28.0 Å². The van der Waals surface area contributed by atoms with Gasteiger partial charge in [0.05, 0.1) is 11.4 Å². The molecule has 2 aromatic carbocycles. The molecular formula is C18H14ClF2N3. The Labute approximate surface area is 143 Å². The number of rotatable bonds is 3. The molecule has 6 heteroatoms. The molecule has 0 fully saturated rings. The number of hydrogen-bond donors (Lipinski definition) is 0. The first kappa shape index (κ1) is 16.3. The van der Waals surface area contributed by atoms with Gasteiger partial charge in [-0.3, -0.25) is 4.99 Å². The van der Waals surface area contributed by atoms with E-state index in [4.69, 9.17) is 11.6 Å². The van der Waals surface area contributed by atoms with Gasteiger partial charge in [-0.25, -0.2) is 13.8 Å². The summed E-state index contributed by atoms with van der Waals surface area (Å²) in [5, 5.41) is 6.43. The summed E-state index contributed by atoms with van der Waals surface area (Å²) < 4.78 is 27.2. The van der Waals surface area contributed by atoms with Crippen LogP contribution in [0.1, 0.15) is 18.1 Å². The molecule has 2 aromatic rings. The van der Waals surface area contributed by atoms with Gasteiger partial charge in [0.25, 0.3) is 0 Å². The maximum atomic E-state index is 13.6. The zero-order valence-corrected chi connectivity index (χ0v) is 13.6. The quantitative estimate of drug-likeness (QED) is 0.739. The van der Waals surface area contributed by atoms with E-state index < -0.39 is 11.6 Å². The Morgan fingerprint density at radius 2 is 1.75 bits per heavy atom. The molecule has 0 N–H and O–H groups in total. The van der Waals surface area contributed by atoms with E-state index in [0.717, 1.165) is 11.6 Å². The molecule has 0 unspecified atom stereocenters. The van der Waals surface area contributed by atoms with Crippen LogP contribution in [0.3, 0.4) is 0 Å². The van der Waals surface area contributed by atoms with Crippen LogP contribution in [-0.4, -0.2) is 23.6 Å². The predicted octanol–water partition coefficient (Wildman–Crippen LogP) is 4.73. The van der Waals surface area contributed by atoms with Crippen molar-refractivity contribution in [2.75, 3.05) is 6.67 Å². The molecule has 1 aliphatic rings. The normalized spacial score (nSPS) is 14.8. The van der Waals surface area contributed by atoms with Crippen molar-refractivity contribution in [3.63, 3.8) is 0 Å². The Kier molecular flexibility index (Phi) is 4.71. The average Bonchev–Trinajstić information content (AvgIpc) is 2.55. The number of hydrazone groups is 1. The maximum absolute atomic E-state index is 13.6. The Bertz CT molecular complexity index is 822. The van der Waals surface area contributed by atoms with Crippen molar-refractivity contribution in [3.05, 3.63) is 76.3 Å². The largest absolute Gasteiger partial charge is 0.261 e. The molecule has 24 heavy (non-hydrogen) atoms.